The van der Waals surface area contributed by atoms with Crippen molar-refractivity contribution in [3.63, 3.8) is 0 Å². The minimum Gasteiger partial charge on any atom is -0.461 e. The van der Waals surface area contributed by atoms with E-state index in [1.54, 1.807) is 13.8 Å². The predicted molar refractivity (Wildman–Crippen MR) is 92.8 cm³/mol. The molecule has 0 fully saturated rings. The van der Waals surface area contributed by atoms with Crippen LogP contribution in [0, 0.1) is 5.41 Å². The summed E-state index contributed by atoms with van der Waals surface area (Å²) in [5, 5.41) is 11.7. The molecule has 1 atom stereocenters. The van der Waals surface area contributed by atoms with Crippen LogP contribution < -0.4 is 10.6 Å². The first-order valence-corrected chi connectivity index (χ1v) is 8.05. The number of nitrogens with zero attached hydrogens (tertiary/aromatic N) is 1. The molecule has 0 bridgehead atoms. The normalized spacial score (nSPS) is 11.3. The van der Waals surface area contributed by atoms with Gasteiger partial charge in [0, 0.05) is 24.4 Å². The minimum absolute atomic E-state index is 0.00378. The van der Waals surface area contributed by atoms with Crippen LogP contribution in [0.5, 0.6) is 0 Å². The Kier molecular flexibility index (Phi) is 8.62. The fourth-order valence-electron chi connectivity index (χ4n) is 1.93. The van der Waals surface area contributed by atoms with Crippen LogP contribution in [-0.2, 0) is 19.1 Å². The van der Waals surface area contributed by atoms with Crippen molar-refractivity contribution in [3.8, 4) is 0 Å². The highest BCUT2D eigenvalue weighted by Gasteiger charge is 2.24. The standard InChI is InChI=1S/C17H22N4O5/c1-11(2)26-17(25)14(4-3-13(22)9-18)21-15(23)10-20-16(24)12-5-7-19-8-6-12/h5-9,11,14,18H,3-4,10H2,1-2H3,(H,20,24)(H,21,23). The highest BCUT2D eigenvalue weighted by atomic mass is 16.5. The first-order chi connectivity index (χ1) is 12.3. The molecule has 0 saturated carbocycles. The molecule has 1 aromatic rings. The molecule has 0 aliphatic carbocycles. The lowest BCUT2D eigenvalue weighted by Crippen LogP contribution is -2.46. The van der Waals surface area contributed by atoms with Gasteiger partial charge in [-0.05, 0) is 32.4 Å². The lowest BCUT2D eigenvalue weighted by molar-refractivity contribution is -0.151. The maximum atomic E-state index is 12.1. The highest BCUT2D eigenvalue weighted by molar-refractivity contribution is 6.26. The molecular formula is C17H22N4O5. The van der Waals surface area contributed by atoms with Crippen LogP contribution in [0.15, 0.2) is 24.5 Å². The van der Waals surface area contributed by atoms with Crippen molar-refractivity contribution in [2.24, 2.45) is 0 Å². The van der Waals surface area contributed by atoms with Crippen LogP contribution >= 0.6 is 0 Å². The van der Waals surface area contributed by atoms with Crippen LogP contribution in [-0.4, -0.2) is 53.5 Å². The van der Waals surface area contributed by atoms with Gasteiger partial charge in [-0.3, -0.25) is 19.4 Å². The number of ether oxygens (including phenoxy) is 1. The average molecular weight is 362 g/mol. The SMILES string of the molecule is CC(C)OC(=O)C(CCC(=O)C=N)NC(=O)CNC(=O)c1ccncc1. The zero-order chi connectivity index (χ0) is 19.5. The summed E-state index contributed by atoms with van der Waals surface area (Å²) in [5.41, 5.74) is 0.347. The molecule has 26 heavy (non-hydrogen) atoms. The van der Waals surface area contributed by atoms with E-state index in [0.29, 0.717) is 11.8 Å². The fourth-order valence-corrected chi connectivity index (χ4v) is 1.93. The molecule has 140 valence electrons. The second kappa shape index (κ2) is 10.7. The van der Waals surface area contributed by atoms with Gasteiger partial charge in [-0.15, -0.1) is 0 Å². The summed E-state index contributed by atoms with van der Waals surface area (Å²) in [4.78, 5) is 51.0. The number of carbonyl (C=O) groups excluding carboxylic acids is 4. The van der Waals surface area contributed by atoms with E-state index in [-0.39, 0.29) is 25.5 Å². The number of pyridine rings is 1. The Hall–Kier alpha value is -3.10. The number of hydrogen-bond donors (Lipinski definition) is 3. The van der Waals surface area contributed by atoms with E-state index in [2.05, 4.69) is 15.6 Å². The molecule has 1 aromatic heterocycles. The first-order valence-electron chi connectivity index (χ1n) is 8.05. The number of hydrogen-bond acceptors (Lipinski definition) is 7. The molecule has 0 aliphatic rings. The topological polar surface area (TPSA) is 138 Å². The second-order valence-corrected chi connectivity index (χ2v) is 5.67. The van der Waals surface area contributed by atoms with Crippen LogP contribution in [0.4, 0.5) is 0 Å². The summed E-state index contributed by atoms with van der Waals surface area (Å²) in [7, 11) is 0. The number of carbonyl (C=O) groups is 4. The molecule has 0 aliphatic heterocycles. The van der Waals surface area contributed by atoms with Crippen molar-refractivity contribution in [2.45, 2.75) is 38.8 Å². The number of aromatic nitrogens is 1. The van der Waals surface area contributed by atoms with E-state index in [9.17, 15) is 19.2 Å². The van der Waals surface area contributed by atoms with E-state index in [0.717, 1.165) is 0 Å². The van der Waals surface area contributed by atoms with Gasteiger partial charge in [0.05, 0.1) is 18.9 Å². The third kappa shape index (κ3) is 7.65. The quantitative estimate of drug-likeness (QED) is 0.403. The van der Waals surface area contributed by atoms with Crippen molar-refractivity contribution in [3.05, 3.63) is 30.1 Å². The largest absolute Gasteiger partial charge is 0.461 e. The van der Waals surface area contributed by atoms with Crippen molar-refractivity contribution < 1.29 is 23.9 Å². The van der Waals surface area contributed by atoms with Crippen molar-refractivity contribution in [1.29, 1.82) is 5.41 Å². The van der Waals surface area contributed by atoms with Crippen LogP contribution in [0.1, 0.15) is 37.0 Å². The average Bonchev–Trinajstić information content (AvgIpc) is 2.62. The summed E-state index contributed by atoms with van der Waals surface area (Å²) in [6, 6.07) is 1.96. The Bertz CT molecular complexity index is 660. The number of esters is 1. The maximum Gasteiger partial charge on any atom is 0.328 e. The zero-order valence-corrected chi connectivity index (χ0v) is 14.7. The van der Waals surface area contributed by atoms with Gasteiger partial charge in [0.1, 0.15) is 6.04 Å². The van der Waals surface area contributed by atoms with Gasteiger partial charge in [0.25, 0.3) is 5.91 Å². The molecule has 0 spiro atoms. The van der Waals surface area contributed by atoms with E-state index < -0.39 is 29.6 Å². The fraction of sp³-hybridized carbons (Fsp3) is 0.412. The number of amides is 2. The zero-order valence-electron chi connectivity index (χ0n) is 14.7. The number of ketones is 1. The predicted octanol–water partition coefficient (Wildman–Crippen LogP) is 0.247. The third-order valence-corrected chi connectivity index (χ3v) is 3.16. The molecule has 2 amide bonds. The monoisotopic (exact) mass is 362 g/mol. The molecule has 9 nitrogen and oxygen atoms in total. The van der Waals surface area contributed by atoms with Crippen LogP contribution in [0.25, 0.3) is 0 Å². The highest BCUT2D eigenvalue weighted by Crippen LogP contribution is 2.03. The van der Waals surface area contributed by atoms with Crippen molar-refractivity contribution >= 4 is 29.8 Å². The van der Waals surface area contributed by atoms with Gasteiger partial charge >= 0.3 is 5.97 Å². The van der Waals surface area contributed by atoms with Crippen molar-refractivity contribution in [1.82, 2.24) is 15.6 Å². The van der Waals surface area contributed by atoms with E-state index in [4.69, 9.17) is 10.1 Å². The molecule has 0 radical (unpaired) electrons. The van der Waals surface area contributed by atoms with Gasteiger partial charge in [-0.2, -0.15) is 0 Å². The minimum atomic E-state index is -1.04. The summed E-state index contributed by atoms with van der Waals surface area (Å²) in [5.74, 6) is -2.19. The summed E-state index contributed by atoms with van der Waals surface area (Å²) < 4.78 is 5.06. The Labute approximate surface area is 151 Å². The van der Waals surface area contributed by atoms with Gasteiger partial charge in [0.15, 0.2) is 5.78 Å². The maximum absolute atomic E-state index is 12.1. The molecule has 1 rings (SSSR count). The van der Waals surface area contributed by atoms with Crippen molar-refractivity contribution in [2.75, 3.05) is 6.54 Å². The van der Waals surface area contributed by atoms with Gasteiger partial charge in [-0.25, -0.2) is 4.79 Å². The Morgan fingerprint density at radius 3 is 2.46 bits per heavy atom. The van der Waals surface area contributed by atoms with Gasteiger partial charge in [-0.1, -0.05) is 0 Å². The second-order valence-electron chi connectivity index (χ2n) is 5.67. The number of rotatable bonds is 10. The summed E-state index contributed by atoms with van der Waals surface area (Å²) >= 11 is 0. The van der Waals surface area contributed by atoms with E-state index in [1.165, 1.54) is 24.5 Å². The molecule has 0 aromatic carbocycles. The first kappa shape index (κ1) is 20.9. The molecule has 1 unspecified atom stereocenters. The summed E-state index contributed by atoms with van der Waals surface area (Å²) in [6.45, 7) is 2.98. The lowest BCUT2D eigenvalue weighted by atomic mass is 10.1. The molecule has 0 saturated heterocycles. The summed E-state index contributed by atoms with van der Waals surface area (Å²) in [6.07, 6.45) is 3.10. The molecule has 9 heteroatoms. The molecular weight excluding hydrogens is 340 g/mol. The van der Waals surface area contributed by atoms with E-state index >= 15 is 0 Å². The van der Waals surface area contributed by atoms with Crippen LogP contribution in [0.2, 0.25) is 0 Å². The van der Waals surface area contributed by atoms with Crippen LogP contribution in [0.3, 0.4) is 0 Å². The Morgan fingerprint density at radius 2 is 1.88 bits per heavy atom. The Morgan fingerprint density at radius 1 is 1.23 bits per heavy atom. The lowest BCUT2D eigenvalue weighted by Gasteiger charge is -2.19. The molecule has 1 heterocycles. The van der Waals surface area contributed by atoms with E-state index in [1.807, 2.05) is 0 Å². The number of Topliss-reactive ketones (excluding diaryl/α,β-unsaturated/α-hetero) is 1. The van der Waals surface area contributed by atoms with Gasteiger partial charge < -0.3 is 20.8 Å². The Balaban J connectivity index is 2.59. The molecule has 3 N–H and O–H groups in total. The smallest absolute Gasteiger partial charge is 0.328 e. The van der Waals surface area contributed by atoms with Gasteiger partial charge in [0.2, 0.25) is 5.91 Å². The third-order valence-electron chi connectivity index (χ3n) is 3.16. The number of nitrogens with one attached hydrogen (secondary N) is 3.